The molecule has 0 saturated carbocycles. The zero-order valence-corrected chi connectivity index (χ0v) is 5.15. The molecular formula is C5H10NO3+. The lowest BCUT2D eigenvalue weighted by Gasteiger charge is -2.20. The van der Waals surface area contributed by atoms with Crippen LogP contribution in [0.4, 0.5) is 0 Å². The fraction of sp³-hybridized carbons (Fsp3) is 0.800. The maximum atomic E-state index is 8.89. The zero-order valence-electron chi connectivity index (χ0n) is 5.15. The second kappa shape index (κ2) is 2.53. The van der Waals surface area contributed by atoms with E-state index in [0.717, 1.165) is 0 Å². The van der Waals surface area contributed by atoms with Gasteiger partial charge in [0.05, 0.1) is 0 Å². The van der Waals surface area contributed by atoms with Crippen LogP contribution in [0.3, 0.4) is 0 Å². The van der Waals surface area contributed by atoms with Crippen LogP contribution in [-0.2, 0) is 9.47 Å². The molecule has 0 spiro atoms. The van der Waals surface area contributed by atoms with Gasteiger partial charge in [-0.25, -0.2) is 0 Å². The Bertz CT molecular complexity index is 98.2. The Kier molecular flexibility index (Phi) is 1.92. The Morgan fingerprint density at radius 3 is 2.78 bits per heavy atom. The van der Waals surface area contributed by atoms with E-state index in [1.54, 1.807) is 6.92 Å². The number of hydrogen-bond acceptors (Lipinski definition) is 4. The predicted molar refractivity (Wildman–Crippen MR) is 29.9 cm³/mol. The van der Waals surface area contributed by atoms with Crippen LogP contribution >= 0.6 is 0 Å². The highest BCUT2D eigenvalue weighted by Gasteiger charge is 2.33. The molecule has 0 radical (unpaired) electrons. The summed E-state index contributed by atoms with van der Waals surface area (Å²) in [6.45, 7) is 3.06. The number of aliphatic hydroxyl groups is 1. The van der Waals surface area contributed by atoms with Gasteiger partial charge in [0.15, 0.2) is 0 Å². The number of aliphatic hydroxyl groups excluding tert-OH is 1. The van der Waals surface area contributed by atoms with Crippen molar-refractivity contribution in [1.29, 1.82) is 0 Å². The van der Waals surface area contributed by atoms with E-state index in [1.165, 1.54) is 6.61 Å². The highest BCUT2D eigenvalue weighted by molar-refractivity contribution is 4.77. The van der Waals surface area contributed by atoms with E-state index >= 15 is 0 Å². The molecule has 0 bridgehead atoms. The minimum absolute atomic E-state index is 0.389. The standard InChI is InChI=1S/C5H10NO3/c1-3-8-2-4(6)5(7)9-3/h2-5,7H,6H2,1H3/q+1. The third-order valence-electron chi connectivity index (χ3n) is 1.09. The first-order chi connectivity index (χ1) is 4.20. The van der Waals surface area contributed by atoms with Crippen LogP contribution in [0.2, 0.25) is 0 Å². The molecule has 1 rings (SSSR count). The molecular weight excluding hydrogens is 122 g/mol. The van der Waals surface area contributed by atoms with Crippen LogP contribution in [0.1, 0.15) is 6.92 Å². The molecule has 1 heterocycles. The monoisotopic (exact) mass is 132 g/mol. The molecule has 0 aromatic rings. The lowest BCUT2D eigenvalue weighted by Crippen LogP contribution is -2.44. The predicted octanol–water partition coefficient (Wildman–Crippen LogP) is -0.813. The lowest BCUT2D eigenvalue weighted by molar-refractivity contribution is -0.250. The zero-order chi connectivity index (χ0) is 6.85. The van der Waals surface area contributed by atoms with Crippen molar-refractivity contribution >= 4 is 0 Å². The summed E-state index contributed by atoms with van der Waals surface area (Å²) < 4.78 is 9.60. The van der Waals surface area contributed by atoms with Gasteiger partial charge in [-0.05, 0) is 6.92 Å². The number of rotatable bonds is 0. The maximum Gasteiger partial charge on any atom is 0.254 e. The van der Waals surface area contributed by atoms with Crippen molar-refractivity contribution in [3.05, 3.63) is 6.61 Å². The second-order valence-electron chi connectivity index (χ2n) is 1.94. The van der Waals surface area contributed by atoms with Crippen molar-refractivity contribution in [3.63, 3.8) is 0 Å². The van der Waals surface area contributed by atoms with Crippen molar-refractivity contribution in [3.8, 4) is 0 Å². The van der Waals surface area contributed by atoms with E-state index in [0.29, 0.717) is 0 Å². The van der Waals surface area contributed by atoms with E-state index in [9.17, 15) is 0 Å². The summed E-state index contributed by atoms with van der Waals surface area (Å²) in [6, 6.07) is -0.527. The summed E-state index contributed by atoms with van der Waals surface area (Å²) in [4.78, 5) is 0. The fourth-order valence-electron chi connectivity index (χ4n) is 0.588. The normalized spacial score (nSPS) is 44.1. The first-order valence-corrected chi connectivity index (χ1v) is 2.78. The van der Waals surface area contributed by atoms with Gasteiger partial charge in [-0.2, -0.15) is 4.74 Å². The van der Waals surface area contributed by atoms with Crippen molar-refractivity contribution in [2.24, 2.45) is 5.73 Å². The summed E-state index contributed by atoms with van der Waals surface area (Å²) in [6.07, 6.45) is -1.31. The van der Waals surface area contributed by atoms with E-state index in [4.69, 9.17) is 20.3 Å². The molecule has 3 N–H and O–H groups in total. The van der Waals surface area contributed by atoms with E-state index in [-0.39, 0.29) is 6.29 Å². The van der Waals surface area contributed by atoms with Gasteiger partial charge in [0.25, 0.3) is 6.61 Å². The Labute approximate surface area is 53.6 Å². The quantitative estimate of drug-likeness (QED) is 0.423. The molecule has 9 heavy (non-hydrogen) atoms. The Morgan fingerprint density at radius 1 is 1.67 bits per heavy atom. The first-order valence-electron chi connectivity index (χ1n) is 2.78. The van der Waals surface area contributed by atoms with Gasteiger partial charge >= 0.3 is 0 Å². The third kappa shape index (κ3) is 1.56. The average molecular weight is 132 g/mol. The highest BCUT2D eigenvalue weighted by Crippen LogP contribution is 2.11. The van der Waals surface area contributed by atoms with Crippen LogP contribution in [-0.4, -0.2) is 23.7 Å². The molecule has 0 aliphatic carbocycles. The molecule has 1 aliphatic heterocycles. The second-order valence-corrected chi connectivity index (χ2v) is 1.94. The fourth-order valence-corrected chi connectivity index (χ4v) is 0.588. The topological polar surface area (TPSA) is 64.7 Å². The largest absolute Gasteiger partial charge is 0.363 e. The molecule has 1 saturated heterocycles. The molecule has 3 atom stereocenters. The van der Waals surface area contributed by atoms with Crippen molar-refractivity contribution < 1.29 is 14.6 Å². The summed E-state index contributed by atoms with van der Waals surface area (Å²) in [5.74, 6) is 0. The molecule has 1 fully saturated rings. The first kappa shape index (κ1) is 6.82. The Balaban J connectivity index is 2.35. The minimum Gasteiger partial charge on any atom is -0.363 e. The molecule has 0 aromatic carbocycles. The van der Waals surface area contributed by atoms with Gasteiger partial charge in [-0.15, -0.1) is 0 Å². The van der Waals surface area contributed by atoms with E-state index < -0.39 is 12.3 Å². The van der Waals surface area contributed by atoms with Gasteiger partial charge < -0.3 is 9.84 Å². The number of ether oxygens (including phenoxy) is 2. The van der Waals surface area contributed by atoms with Crippen LogP contribution in [0.25, 0.3) is 0 Å². The molecule has 3 unspecified atom stereocenters. The molecule has 0 amide bonds. The molecule has 4 heteroatoms. The van der Waals surface area contributed by atoms with Crippen molar-refractivity contribution in [2.45, 2.75) is 25.5 Å². The molecule has 52 valence electrons. The number of nitrogens with two attached hydrogens (primary N) is 1. The summed E-state index contributed by atoms with van der Waals surface area (Å²) >= 11 is 0. The maximum absolute atomic E-state index is 8.89. The lowest BCUT2D eigenvalue weighted by atomic mass is 10.3. The molecule has 1 aliphatic rings. The van der Waals surface area contributed by atoms with Gasteiger partial charge in [0, 0.05) is 0 Å². The van der Waals surface area contributed by atoms with Crippen LogP contribution in [0.15, 0.2) is 0 Å². The van der Waals surface area contributed by atoms with Gasteiger partial charge in [0.1, 0.15) is 0 Å². The van der Waals surface area contributed by atoms with Crippen LogP contribution in [0.5, 0.6) is 0 Å². The molecule has 0 aromatic heterocycles. The highest BCUT2D eigenvalue weighted by atomic mass is 16.7. The van der Waals surface area contributed by atoms with Crippen LogP contribution < -0.4 is 5.73 Å². The van der Waals surface area contributed by atoms with Gasteiger partial charge in [-0.3, -0.25) is 5.73 Å². The van der Waals surface area contributed by atoms with Crippen molar-refractivity contribution in [1.82, 2.24) is 0 Å². The Hall–Kier alpha value is -0.290. The number of hydrogen-bond donors (Lipinski definition) is 2. The minimum atomic E-state index is -0.922. The van der Waals surface area contributed by atoms with Gasteiger partial charge in [-0.1, -0.05) is 0 Å². The van der Waals surface area contributed by atoms with E-state index in [2.05, 4.69) is 0 Å². The van der Waals surface area contributed by atoms with Crippen molar-refractivity contribution in [2.75, 3.05) is 0 Å². The average Bonchev–Trinajstić information content (AvgIpc) is 1.80. The third-order valence-corrected chi connectivity index (χ3v) is 1.09. The smallest absolute Gasteiger partial charge is 0.254 e. The SMILES string of the molecule is CC1O[CH+]C(N)C(O)O1. The van der Waals surface area contributed by atoms with Crippen LogP contribution in [0, 0.1) is 6.61 Å². The van der Waals surface area contributed by atoms with E-state index in [1.807, 2.05) is 0 Å². The molecule has 4 nitrogen and oxygen atoms in total. The van der Waals surface area contributed by atoms with Gasteiger partial charge in [0.2, 0.25) is 18.6 Å². The summed E-state index contributed by atoms with van der Waals surface area (Å²) in [5, 5.41) is 8.89. The summed E-state index contributed by atoms with van der Waals surface area (Å²) in [7, 11) is 0. The Morgan fingerprint density at radius 2 is 2.33 bits per heavy atom. The summed E-state index contributed by atoms with van der Waals surface area (Å²) in [5.41, 5.74) is 5.28.